The molecular formula is C24H21ClN2O5. The highest BCUT2D eigenvalue weighted by Gasteiger charge is 2.56. The predicted molar refractivity (Wildman–Crippen MR) is 117 cm³/mol. The van der Waals surface area contributed by atoms with Crippen LogP contribution in [0.5, 0.6) is 0 Å². The van der Waals surface area contributed by atoms with Crippen molar-refractivity contribution in [3.8, 4) is 11.3 Å². The maximum Gasteiger partial charge on any atom is 0.339 e. The number of furan rings is 1. The lowest BCUT2D eigenvalue weighted by atomic mass is 9.63. The molecule has 3 aliphatic carbocycles. The highest BCUT2D eigenvalue weighted by molar-refractivity contribution is 6.33. The molecule has 2 aromatic rings. The normalized spacial score (nSPS) is 26.2. The highest BCUT2D eigenvalue weighted by atomic mass is 35.5. The average Bonchev–Trinajstić information content (AvgIpc) is 3.38. The van der Waals surface area contributed by atoms with Crippen LogP contribution in [0.25, 0.3) is 11.3 Å². The van der Waals surface area contributed by atoms with Crippen LogP contribution in [-0.2, 0) is 14.3 Å². The van der Waals surface area contributed by atoms with E-state index in [1.807, 2.05) is 0 Å². The van der Waals surface area contributed by atoms with E-state index in [0.29, 0.717) is 17.1 Å². The van der Waals surface area contributed by atoms with E-state index in [1.165, 1.54) is 6.21 Å². The number of carbonyl (C=O) groups excluding carboxylic acids is 3. The number of imide groups is 1. The van der Waals surface area contributed by atoms with Gasteiger partial charge in [0.25, 0.3) is 11.8 Å². The van der Waals surface area contributed by atoms with Crippen LogP contribution in [0.3, 0.4) is 0 Å². The van der Waals surface area contributed by atoms with Crippen LogP contribution in [0.2, 0.25) is 5.02 Å². The van der Waals surface area contributed by atoms with Crippen LogP contribution in [0.15, 0.2) is 52.0 Å². The summed E-state index contributed by atoms with van der Waals surface area (Å²) in [5.74, 6) is -0.475. The van der Waals surface area contributed by atoms with E-state index in [0.717, 1.165) is 17.9 Å². The minimum absolute atomic E-state index is 0.121. The van der Waals surface area contributed by atoms with Crippen LogP contribution < -0.4 is 0 Å². The van der Waals surface area contributed by atoms with E-state index in [2.05, 4.69) is 17.3 Å². The van der Waals surface area contributed by atoms with Gasteiger partial charge in [-0.3, -0.25) is 9.59 Å². The van der Waals surface area contributed by atoms with Crippen LogP contribution in [0.4, 0.5) is 0 Å². The zero-order valence-corrected chi connectivity index (χ0v) is 18.1. The van der Waals surface area contributed by atoms with Crippen molar-refractivity contribution in [1.82, 2.24) is 5.01 Å². The molecular weight excluding hydrogens is 432 g/mol. The lowest BCUT2D eigenvalue weighted by Gasteiger charge is -2.37. The number of amides is 2. The van der Waals surface area contributed by atoms with Crippen molar-refractivity contribution in [2.75, 3.05) is 6.61 Å². The molecule has 2 fully saturated rings. The molecule has 164 valence electrons. The summed E-state index contributed by atoms with van der Waals surface area (Å²) in [5, 5.41) is 5.45. The Labute approximate surface area is 189 Å². The van der Waals surface area contributed by atoms with Crippen LogP contribution in [0.1, 0.15) is 35.9 Å². The number of esters is 1. The Bertz CT molecular complexity index is 1130. The zero-order chi connectivity index (χ0) is 22.4. The van der Waals surface area contributed by atoms with Crippen molar-refractivity contribution < 1.29 is 23.5 Å². The van der Waals surface area contributed by atoms with Gasteiger partial charge in [0, 0.05) is 5.56 Å². The Morgan fingerprint density at radius 1 is 1.16 bits per heavy atom. The summed E-state index contributed by atoms with van der Waals surface area (Å²) in [6, 6.07) is 8.33. The van der Waals surface area contributed by atoms with Gasteiger partial charge in [-0.1, -0.05) is 23.8 Å². The van der Waals surface area contributed by atoms with Gasteiger partial charge in [-0.15, -0.1) is 0 Å². The van der Waals surface area contributed by atoms with E-state index in [9.17, 15) is 14.4 Å². The number of ether oxygens (including phenoxy) is 1. The first-order valence-corrected chi connectivity index (χ1v) is 11.0. The number of hydrazone groups is 1. The summed E-state index contributed by atoms with van der Waals surface area (Å²) >= 11 is 6.12. The Balaban J connectivity index is 1.35. The van der Waals surface area contributed by atoms with Gasteiger partial charge in [0.1, 0.15) is 11.5 Å². The third-order valence-corrected chi connectivity index (χ3v) is 6.74. The third-order valence-electron chi connectivity index (χ3n) is 6.41. The first-order chi connectivity index (χ1) is 15.5. The molecule has 1 aliphatic heterocycles. The van der Waals surface area contributed by atoms with E-state index >= 15 is 0 Å². The molecule has 32 heavy (non-hydrogen) atoms. The Kier molecular flexibility index (Phi) is 5.21. The summed E-state index contributed by atoms with van der Waals surface area (Å²) < 4.78 is 10.8. The molecule has 2 bridgehead atoms. The van der Waals surface area contributed by atoms with Gasteiger partial charge in [0.2, 0.25) is 0 Å². The molecule has 4 atom stereocenters. The van der Waals surface area contributed by atoms with Crippen LogP contribution in [-0.4, -0.2) is 35.6 Å². The summed E-state index contributed by atoms with van der Waals surface area (Å²) in [6.07, 6.45) is 7.39. The van der Waals surface area contributed by atoms with E-state index in [1.54, 1.807) is 37.3 Å². The zero-order valence-electron chi connectivity index (χ0n) is 17.4. The Morgan fingerprint density at radius 3 is 2.47 bits per heavy atom. The number of benzene rings is 1. The molecule has 0 radical (unpaired) electrons. The monoisotopic (exact) mass is 452 g/mol. The first-order valence-electron chi connectivity index (χ1n) is 10.6. The molecule has 1 aromatic carbocycles. The van der Waals surface area contributed by atoms with Crippen molar-refractivity contribution in [1.29, 1.82) is 0 Å². The fraction of sp³-hybridized carbons (Fsp3) is 0.333. The molecule has 0 N–H and O–H groups in total. The van der Waals surface area contributed by atoms with Gasteiger partial charge in [-0.05, 0) is 61.9 Å². The minimum atomic E-state index is -0.510. The largest absolute Gasteiger partial charge is 0.462 e. The topological polar surface area (TPSA) is 89.2 Å². The molecule has 6 rings (SSSR count). The molecule has 4 aliphatic rings. The molecule has 2 amide bonds. The first kappa shape index (κ1) is 20.7. The van der Waals surface area contributed by atoms with Crippen LogP contribution >= 0.6 is 11.6 Å². The van der Waals surface area contributed by atoms with E-state index < -0.39 is 5.97 Å². The second-order valence-electron chi connectivity index (χ2n) is 8.19. The number of hydrogen-bond acceptors (Lipinski definition) is 6. The molecule has 1 saturated carbocycles. The second-order valence-corrected chi connectivity index (χ2v) is 8.60. The van der Waals surface area contributed by atoms with E-state index in [-0.39, 0.29) is 52.7 Å². The van der Waals surface area contributed by atoms with Crippen molar-refractivity contribution in [3.05, 3.63) is 58.8 Å². The van der Waals surface area contributed by atoms with Gasteiger partial charge < -0.3 is 9.15 Å². The predicted octanol–water partition coefficient (Wildman–Crippen LogP) is 4.31. The van der Waals surface area contributed by atoms with Gasteiger partial charge in [-0.2, -0.15) is 10.1 Å². The molecule has 0 spiro atoms. The van der Waals surface area contributed by atoms with Crippen LogP contribution in [0, 0.1) is 23.7 Å². The number of halogens is 1. The third kappa shape index (κ3) is 3.37. The van der Waals surface area contributed by atoms with Gasteiger partial charge >= 0.3 is 5.97 Å². The lowest BCUT2D eigenvalue weighted by molar-refractivity contribution is -0.140. The number of hydrogen-bond donors (Lipinski definition) is 0. The summed E-state index contributed by atoms with van der Waals surface area (Å²) in [7, 11) is 0. The SMILES string of the molecule is CCOC(=O)c1cc(-c2ccc(/C=N/N3C(=O)C4C5C=CC(CC5)C4C3=O)o2)ccc1Cl. The maximum atomic E-state index is 12.8. The Morgan fingerprint density at radius 2 is 1.84 bits per heavy atom. The lowest BCUT2D eigenvalue weighted by Crippen LogP contribution is -2.38. The summed E-state index contributed by atoms with van der Waals surface area (Å²) in [5.41, 5.74) is 0.885. The van der Waals surface area contributed by atoms with Crippen molar-refractivity contribution in [3.63, 3.8) is 0 Å². The molecule has 1 aromatic heterocycles. The standard InChI is InChI=1S/C24H21ClN2O5/c1-2-31-24(30)17-11-15(7-9-18(17)25)19-10-8-16(32-19)12-26-27-22(28)20-13-3-4-14(6-5-13)21(20)23(27)29/h3-4,7-14,20-21H,2,5-6H2,1H3/b26-12+. The number of rotatable bonds is 5. The van der Waals surface area contributed by atoms with Crippen molar-refractivity contribution in [2.24, 2.45) is 28.8 Å². The maximum absolute atomic E-state index is 12.8. The second kappa shape index (κ2) is 8.06. The molecule has 1 saturated heterocycles. The average molecular weight is 453 g/mol. The summed E-state index contributed by atoms with van der Waals surface area (Å²) in [6.45, 7) is 1.97. The minimum Gasteiger partial charge on any atom is -0.462 e. The fourth-order valence-electron chi connectivity index (χ4n) is 4.91. The number of allylic oxidation sites excluding steroid dienone is 2. The van der Waals surface area contributed by atoms with Gasteiger partial charge in [-0.25, -0.2) is 4.79 Å². The molecule has 7 nitrogen and oxygen atoms in total. The number of fused-ring (bicyclic) bond motifs is 1. The van der Waals surface area contributed by atoms with Gasteiger partial charge in [0.05, 0.1) is 35.2 Å². The van der Waals surface area contributed by atoms with Crippen molar-refractivity contribution >= 4 is 35.6 Å². The molecule has 4 unspecified atom stereocenters. The highest BCUT2D eigenvalue weighted by Crippen LogP contribution is 2.49. The number of nitrogens with zero attached hydrogens (tertiary/aromatic N) is 2. The molecule has 2 heterocycles. The fourth-order valence-corrected chi connectivity index (χ4v) is 5.10. The quantitative estimate of drug-likeness (QED) is 0.292. The summed E-state index contributed by atoms with van der Waals surface area (Å²) in [4.78, 5) is 37.8. The van der Waals surface area contributed by atoms with E-state index in [4.69, 9.17) is 20.8 Å². The van der Waals surface area contributed by atoms with Gasteiger partial charge in [0.15, 0.2) is 0 Å². The van der Waals surface area contributed by atoms with Crippen molar-refractivity contribution in [2.45, 2.75) is 19.8 Å². The number of carbonyl (C=O) groups is 3. The smallest absolute Gasteiger partial charge is 0.339 e. The molecule has 8 heteroatoms. The Hall–Kier alpha value is -3.19.